The first kappa shape index (κ1) is 14.6. The fraction of sp³-hybridized carbons (Fsp3) is 0.125. The molecule has 0 aliphatic carbocycles. The van der Waals surface area contributed by atoms with Gasteiger partial charge in [-0.1, -0.05) is 22.0 Å². The Bertz CT molecular complexity index is 877. The van der Waals surface area contributed by atoms with E-state index in [0.717, 1.165) is 15.9 Å². The molecule has 3 aromatic rings. The highest BCUT2D eigenvalue weighted by Crippen LogP contribution is 2.28. The van der Waals surface area contributed by atoms with Crippen LogP contribution in [0.5, 0.6) is 5.75 Å². The number of hydrogen-bond acceptors (Lipinski definition) is 4. The van der Waals surface area contributed by atoms with Crippen LogP contribution in [0.3, 0.4) is 0 Å². The molecule has 1 N–H and O–H groups in total. The van der Waals surface area contributed by atoms with Crippen molar-refractivity contribution in [2.24, 2.45) is 0 Å². The van der Waals surface area contributed by atoms with Gasteiger partial charge in [0.05, 0.1) is 25.0 Å². The zero-order valence-corrected chi connectivity index (χ0v) is 13.5. The maximum atomic E-state index is 12.1. The van der Waals surface area contributed by atoms with Crippen LogP contribution in [-0.2, 0) is 6.54 Å². The Hall–Kier alpha value is -2.34. The molecule has 0 aliphatic rings. The van der Waals surface area contributed by atoms with Gasteiger partial charge < -0.3 is 10.1 Å². The molecule has 0 unspecified atom stereocenters. The fourth-order valence-electron chi connectivity index (χ4n) is 2.20. The Morgan fingerprint density at radius 1 is 1.27 bits per heavy atom. The second-order valence-electron chi connectivity index (χ2n) is 4.71. The fourth-order valence-corrected chi connectivity index (χ4v) is 2.56. The number of anilines is 1. The number of hydrogen-bond donors (Lipinski definition) is 1. The minimum atomic E-state index is -0.0939. The molecular formula is C16H14BrN3O2. The van der Waals surface area contributed by atoms with E-state index in [9.17, 15) is 4.79 Å². The predicted molar refractivity (Wildman–Crippen MR) is 89.5 cm³/mol. The molecule has 0 spiro atoms. The Morgan fingerprint density at radius 3 is 2.95 bits per heavy atom. The molecule has 0 saturated heterocycles. The summed E-state index contributed by atoms with van der Waals surface area (Å²) in [5, 5.41) is 3.25. The van der Waals surface area contributed by atoms with Crippen LogP contribution in [0.4, 0.5) is 5.69 Å². The molecule has 0 amide bonds. The lowest BCUT2D eigenvalue weighted by Crippen LogP contribution is -2.16. The number of ether oxygens (including phenoxy) is 1. The van der Waals surface area contributed by atoms with Crippen LogP contribution >= 0.6 is 15.9 Å². The summed E-state index contributed by atoms with van der Waals surface area (Å²) in [7, 11) is 1.62. The number of nitrogens with one attached hydrogen (secondary N) is 1. The Kier molecular flexibility index (Phi) is 4.11. The average molecular weight is 360 g/mol. The van der Waals surface area contributed by atoms with Gasteiger partial charge in [0.15, 0.2) is 0 Å². The summed E-state index contributed by atoms with van der Waals surface area (Å²) in [6, 6.07) is 12.7. The van der Waals surface area contributed by atoms with Gasteiger partial charge in [0.1, 0.15) is 11.4 Å². The van der Waals surface area contributed by atoms with Gasteiger partial charge in [-0.2, -0.15) is 0 Å². The summed E-state index contributed by atoms with van der Waals surface area (Å²) in [5.74, 6) is 0.737. The molecular weight excluding hydrogens is 346 g/mol. The van der Waals surface area contributed by atoms with E-state index in [4.69, 9.17) is 4.74 Å². The van der Waals surface area contributed by atoms with E-state index in [1.165, 1.54) is 10.5 Å². The zero-order valence-electron chi connectivity index (χ0n) is 11.9. The van der Waals surface area contributed by atoms with Crippen molar-refractivity contribution < 1.29 is 4.74 Å². The van der Waals surface area contributed by atoms with E-state index >= 15 is 0 Å². The van der Waals surface area contributed by atoms with Gasteiger partial charge in [0, 0.05) is 16.7 Å². The summed E-state index contributed by atoms with van der Waals surface area (Å²) < 4.78 is 7.78. The minimum Gasteiger partial charge on any atom is -0.495 e. The van der Waals surface area contributed by atoms with E-state index in [-0.39, 0.29) is 5.56 Å². The number of benzene rings is 1. The lowest BCUT2D eigenvalue weighted by molar-refractivity contribution is 0.416. The van der Waals surface area contributed by atoms with Crippen molar-refractivity contribution in [3.8, 4) is 5.75 Å². The largest absolute Gasteiger partial charge is 0.495 e. The van der Waals surface area contributed by atoms with Gasteiger partial charge in [-0.25, -0.2) is 4.98 Å². The molecule has 1 aromatic carbocycles. The highest BCUT2D eigenvalue weighted by atomic mass is 79.9. The number of fused-ring (bicyclic) bond motifs is 1. The van der Waals surface area contributed by atoms with Crippen LogP contribution < -0.4 is 15.6 Å². The van der Waals surface area contributed by atoms with Crippen LogP contribution in [0.15, 0.2) is 57.9 Å². The molecule has 0 fully saturated rings. The van der Waals surface area contributed by atoms with E-state index in [1.807, 2.05) is 30.3 Å². The van der Waals surface area contributed by atoms with Gasteiger partial charge in [-0.3, -0.25) is 9.20 Å². The summed E-state index contributed by atoms with van der Waals surface area (Å²) >= 11 is 3.43. The van der Waals surface area contributed by atoms with Crippen molar-refractivity contribution in [3.05, 3.63) is 69.2 Å². The third-order valence-electron chi connectivity index (χ3n) is 3.25. The van der Waals surface area contributed by atoms with Crippen LogP contribution in [-0.4, -0.2) is 16.5 Å². The number of aromatic nitrogens is 2. The number of rotatable bonds is 4. The topological polar surface area (TPSA) is 55.6 Å². The average Bonchev–Trinajstić information content (AvgIpc) is 2.53. The third-order valence-corrected chi connectivity index (χ3v) is 3.74. The van der Waals surface area contributed by atoms with Gasteiger partial charge in [0.2, 0.25) is 0 Å². The molecule has 5 nitrogen and oxygen atoms in total. The minimum absolute atomic E-state index is 0.0939. The maximum absolute atomic E-state index is 12.1. The molecule has 22 heavy (non-hydrogen) atoms. The smallest absolute Gasteiger partial charge is 0.258 e. The molecule has 6 heteroatoms. The Labute approximate surface area is 135 Å². The van der Waals surface area contributed by atoms with Crippen molar-refractivity contribution in [2.45, 2.75) is 6.54 Å². The molecule has 2 heterocycles. The second-order valence-corrected chi connectivity index (χ2v) is 5.63. The zero-order chi connectivity index (χ0) is 15.5. The normalized spacial score (nSPS) is 10.6. The molecule has 2 aromatic heterocycles. The standard InChI is InChI=1S/C16H14BrN3O2/c1-22-14-6-5-11(17)8-13(14)18-10-12-9-16(21)20-7-3-2-4-15(20)19-12/h2-9,18H,10H2,1H3. The first-order chi connectivity index (χ1) is 10.7. The summed E-state index contributed by atoms with van der Waals surface area (Å²) in [4.78, 5) is 16.5. The van der Waals surface area contributed by atoms with Crippen molar-refractivity contribution in [2.75, 3.05) is 12.4 Å². The lowest BCUT2D eigenvalue weighted by atomic mass is 10.3. The third kappa shape index (κ3) is 2.96. The molecule has 0 radical (unpaired) electrons. The SMILES string of the molecule is COc1ccc(Br)cc1NCc1cc(=O)n2ccccc2n1. The van der Waals surface area contributed by atoms with Crippen LogP contribution in [0.25, 0.3) is 5.65 Å². The lowest BCUT2D eigenvalue weighted by Gasteiger charge is -2.11. The molecule has 0 aliphatic heterocycles. The highest BCUT2D eigenvalue weighted by Gasteiger charge is 2.05. The van der Waals surface area contributed by atoms with Crippen molar-refractivity contribution in [1.29, 1.82) is 0 Å². The maximum Gasteiger partial charge on any atom is 0.258 e. The van der Waals surface area contributed by atoms with E-state index < -0.39 is 0 Å². The van der Waals surface area contributed by atoms with Crippen molar-refractivity contribution in [1.82, 2.24) is 9.38 Å². The van der Waals surface area contributed by atoms with Crippen molar-refractivity contribution >= 4 is 27.3 Å². The number of halogens is 1. The quantitative estimate of drug-likeness (QED) is 0.777. The summed E-state index contributed by atoms with van der Waals surface area (Å²) in [6.07, 6.45) is 1.71. The number of nitrogens with zero attached hydrogens (tertiary/aromatic N) is 2. The number of pyridine rings is 1. The van der Waals surface area contributed by atoms with E-state index in [1.54, 1.807) is 19.4 Å². The van der Waals surface area contributed by atoms with Gasteiger partial charge in [-0.05, 0) is 30.3 Å². The molecule has 0 atom stereocenters. The Balaban J connectivity index is 1.88. The first-order valence-corrected chi connectivity index (χ1v) is 7.51. The highest BCUT2D eigenvalue weighted by molar-refractivity contribution is 9.10. The van der Waals surface area contributed by atoms with Gasteiger partial charge in [0.25, 0.3) is 5.56 Å². The molecule has 0 bridgehead atoms. The predicted octanol–water partition coefficient (Wildman–Crippen LogP) is 3.08. The number of methoxy groups -OCH3 is 1. The van der Waals surface area contributed by atoms with Gasteiger partial charge in [-0.15, -0.1) is 0 Å². The van der Waals surface area contributed by atoms with Crippen LogP contribution in [0.2, 0.25) is 0 Å². The first-order valence-electron chi connectivity index (χ1n) is 6.72. The van der Waals surface area contributed by atoms with E-state index in [0.29, 0.717) is 17.9 Å². The van der Waals surface area contributed by atoms with E-state index in [2.05, 4.69) is 26.2 Å². The molecule has 112 valence electrons. The Morgan fingerprint density at radius 2 is 2.14 bits per heavy atom. The molecule has 3 rings (SSSR count). The molecule has 0 saturated carbocycles. The summed E-state index contributed by atoms with van der Waals surface area (Å²) in [6.45, 7) is 0.438. The van der Waals surface area contributed by atoms with Crippen LogP contribution in [0, 0.1) is 0 Å². The monoisotopic (exact) mass is 359 g/mol. The second kappa shape index (κ2) is 6.19. The van der Waals surface area contributed by atoms with Crippen molar-refractivity contribution in [3.63, 3.8) is 0 Å². The van der Waals surface area contributed by atoms with Gasteiger partial charge >= 0.3 is 0 Å². The summed E-state index contributed by atoms with van der Waals surface area (Å²) in [5.41, 5.74) is 2.06. The van der Waals surface area contributed by atoms with Crippen LogP contribution in [0.1, 0.15) is 5.69 Å².